The largest absolute Gasteiger partial charge is 0.444 e. The Morgan fingerprint density at radius 1 is 0.950 bits per heavy atom. The zero-order valence-electron chi connectivity index (χ0n) is 13.9. The molecule has 0 fully saturated rings. The van der Waals surface area contributed by atoms with E-state index in [1.807, 2.05) is 48.5 Å². The third-order valence-electron chi connectivity index (χ3n) is 1.63. The third-order valence-corrected chi connectivity index (χ3v) is 1.63. The lowest BCUT2D eigenvalue weighted by Gasteiger charge is -2.19. The number of ether oxygens (including phenoxy) is 4. The molecule has 0 bridgehead atoms. The Bertz CT molecular complexity index is 214. The van der Waals surface area contributed by atoms with Crippen molar-refractivity contribution in [2.75, 3.05) is 26.4 Å². The molecule has 0 saturated heterocycles. The quantitative estimate of drug-likeness (QED) is 0.731. The number of carbonyl (C=O) groups excluding carboxylic acids is 1. The van der Waals surface area contributed by atoms with Crippen LogP contribution in [0.4, 0.5) is 4.79 Å². The van der Waals surface area contributed by atoms with Gasteiger partial charge in [-0.3, -0.25) is 0 Å². The summed E-state index contributed by atoms with van der Waals surface area (Å²) in [5, 5.41) is 2.54. The van der Waals surface area contributed by atoms with Gasteiger partial charge in [0, 0.05) is 26.4 Å². The summed E-state index contributed by atoms with van der Waals surface area (Å²) in [4.78, 5) is 10.7. The zero-order valence-corrected chi connectivity index (χ0v) is 13.9. The Balaban J connectivity index is 0. The van der Waals surface area contributed by atoms with Crippen molar-refractivity contribution in [3.05, 3.63) is 0 Å². The van der Waals surface area contributed by atoms with Crippen molar-refractivity contribution in [2.45, 2.75) is 60.5 Å². The van der Waals surface area contributed by atoms with E-state index in [4.69, 9.17) is 18.9 Å². The number of alkyl carbamates (subject to hydrolysis) is 1. The molecular weight excluding hydrogens is 262 g/mol. The average Bonchev–Trinajstić information content (AvgIpc) is 2.28. The highest BCUT2D eigenvalue weighted by atomic mass is 16.8. The Labute approximate surface area is 123 Å². The van der Waals surface area contributed by atoms with E-state index in [9.17, 15) is 4.79 Å². The van der Waals surface area contributed by atoms with E-state index < -0.39 is 6.48 Å². The maximum atomic E-state index is 10.7. The van der Waals surface area contributed by atoms with Crippen LogP contribution < -0.4 is 5.32 Å². The highest BCUT2D eigenvalue weighted by Crippen LogP contribution is 2.05. The van der Waals surface area contributed by atoms with Gasteiger partial charge in [0.25, 0.3) is 6.48 Å². The Hall–Kier alpha value is -0.850. The number of hydrogen-bond acceptors (Lipinski definition) is 5. The van der Waals surface area contributed by atoms with Crippen LogP contribution in [-0.4, -0.2) is 44.5 Å². The van der Waals surface area contributed by atoms with Gasteiger partial charge in [0.05, 0.1) is 0 Å². The van der Waals surface area contributed by atoms with Crippen LogP contribution >= 0.6 is 0 Å². The van der Waals surface area contributed by atoms with Gasteiger partial charge >= 0.3 is 6.09 Å². The number of hydrogen-bond donors (Lipinski definition) is 1. The second-order valence-corrected chi connectivity index (χ2v) is 4.69. The molecule has 6 heteroatoms. The average molecular weight is 293 g/mol. The molecule has 0 atom stereocenters. The standard InChI is InChI=1S/C7H15NO2.C7H16O3/c1-5-8-6(9)10-7(2,3)4;1-4-8-7(9-5-2)10-6-3/h5H2,1-4H3,(H,8,9);7H,4-6H2,1-3H3. The highest BCUT2D eigenvalue weighted by molar-refractivity contribution is 5.67. The SMILES string of the molecule is CCNC(=O)OC(C)(C)C.CCOC(OCC)OCC. The Morgan fingerprint density at radius 2 is 1.35 bits per heavy atom. The molecule has 0 saturated carbocycles. The van der Waals surface area contributed by atoms with E-state index in [0.717, 1.165) is 0 Å². The van der Waals surface area contributed by atoms with Gasteiger partial charge < -0.3 is 24.3 Å². The van der Waals surface area contributed by atoms with E-state index in [1.54, 1.807) is 0 Å². The number of nitrogens with one attached hydrogen (secondary N) is 1. The van der Waals surface area contributed by atoms with Gasteiger partial charge in [0.1, 0.15) is 5.60 Å². The van der Waals surface area contributed by atoms with Gasteiger partial charge in [0.15, 0.2) is 0 Å². The molecule has 0 aliphatic carbocycles. The van der Waals surface area contributed by atoms with Crippen LogP contribution in [0.25, 0.3) is 0 Å². The van der Waals surface area contributed by atoms with Gasteiger partial charge in [-0.2, -0.15) is 0 Å². The van der Waals surface area contributed by atoms with Crippen LogP contribution in [-0.2, 0) is 18.9 Å². The summed E-state index contributed by atoms with van der Waals surface area (Å²) in [6, 6.07) is 0. The number of carbonyl (C=O) groups is 1. The van der Waals surface area contributed by atoms with Crippen LogP contribution in [0.2, 0.25) is 0 Å². The minimum atomic E-state index is -0.472. The summed E-state index contributed by atoms with van der Waals surface area (Å²) in [7, 11) is 0. The van der Waals surface area contributed by atoms with Gasteiger partial charge in [-0.15, -0.1) is 0 Å². The maximum absolute atomic E-state index is 10.7. The first kappa shape index (κ1) is 21.4. The summed E-state index contributed by atoms with van der Waals surface area (Å²) in [6.45, 7) is 15.1. The second-order valence-electron chi connectivity index (χ2n) is 4.69. The normalized spacial score (nSPS) is 10.8. The Morgan fingerprint density at radius 3 is 1.60 bits per heavy atom. The van der Waals surface area contributed by atoms with E-state index in [1.165, 1.54) is 0 Å². The van der Waals surface area contributed by atoms with Gasteiger partial charge in [-0.1, -0.05) is 0 Å². The van der Waals surface area contributed by atoms with Crippen LogP contribution in [0.5, 0.6) is 0 Å². The van der Waals surface area contributed by atoms with Crippen molar-refractivity contribution >= 4 is 6.09 Å². The molecule has 0 aromatic carbocycles. The summed E-state index contributed by atoms with van der Waals surface area (Å²) in [6.07, 6.45) is -0.352. The molecule has 122 valence electrons. The van der Waals surface area contributed by atoms with E-state index in [0.29, 0.717) is 26.4 Å². The smallest absolute Gasteiger partial charge is 0.407 e. The van der Waals surface area contributed by atoms with Crippen molar-refractivity contribution in [3.8, 4) is 0 Å². The minimum absolute atomic E-state index is 0.352. The fraction of sp³-hybridized carbons (Fsp3) is 0.929. The summed E-state index contributed by atoms with van der Waals surface area (Å²) < 4.78 is 20.2. The summed E-state index contributed by atoms with van der Waals surface area (Å²) >= 11 is 0. The first-order valence-electron chi connectivity index (χ1n) is 7.12. The zero-order chi connectivity index (χ0) is 16.0. The highest BCUT2D eigenvalue weighted by Gasteiger charge is 2.14. The molecule has 1 amide bonds. The molecule has 1 N–H and O–H groups in total. The van der Waals surface area contributed by atoms with Crippen LogP contribution in [0.15, 0.2) is 0 Å². The van der Waals surface area contributed by atoms with E-state index in [2.05, 4.69) is 5.32 Å². The van der Waals surface area contributed by atoms with Gasteiger partial charge in [-0.25, -0.2) is 4.79 Å². The molecule has 0 aliphatic heterocycles. The van der Waals surface area contributed by atoms with Crippen LogP contribution in [0.3, 0.4) is 0 Å². The summed E-state index contributed by atoms with van der Waals surface area (Å²) in [5.74, 6) is 0. The predicted octanol–water partition coefficient (Wildman–Crippen LogP) is 2.91. The number of amides is 1. The molecule has 0 heterocycles. The first-order valence-corrected chi connectivity index (χ1v) is 7.12. The molecule has 0 aliphatic rings. The molecule has 0 unspecified atom stereocenters. The Kier molecular flexibility index (Phi) is 14.1. The molecule has 0 aromatic rings. The third kappa shape index (κ3) is 17.2. The van der Waals surface area contributed by atoms with Crippen molar-refractivity contribution in [1.82, 2.24) is 5.32 Å². The van der Waals surface area contributed by atoms with Crippen molar-refractivity contribution in [2.24, 2.45) is 0 Å². The van der Waals surface area contributed by atoms with Crippen LogP contribution in [0.1, 0.15) is 48.5 Å². The fourth-order valence-electron chi connectivity index (χ4n) is 1.01. The van der Waals surface area contributed by atoms with Crippen molar-refractivity contribution < 1.29 is 23.7 Å². The predicted molar refractivity (Wildman–Crippen MR) is 78.6 cm³/mol. The lowest BCUT2D eigenvalue weighted by Crippen LogP contribution is -2.32. The lowest BCUT2D eigenvalue weighted by molar-refractivity contribution is -0.282. The molecule has 0 rings (SSSR count). The topological polar surface area (TPSA) is 66.0 Å². The minimum Gasteiger partial charge on any atom is -0.444 e. The van der Waals surface area contributed by atoms with Crippen LogP contribution in [0, 0.1) is 0 Å². The molecular formula is C14H31NO5. The molecule has 6 nitrogen and oxygen atoms in total. The van der Waals surface area contributed by atoms with Gasteiger partial charge in [-0.05, 0) is 48.5 Å². The molecule has 20 heavy (non-hydrogen) atoms. The molecule has 0 radical (unpaired) electrons. The lowest BCUT2D eigenvalue weighted by atomic mass is 10.2. The van der Waals surface area contributed by atoms with E-state index in [-0.39, 0.29) is 11.7 Å². The van der Waals surface area contributed by atoms with Crippen molar-refractivity contribution in [1.29, 1.82) is 0 Å². The monoisotopic (exact) mass is 293 g/mol. The van der Waals surface area contributed by atoms with Crippen molar-refractivity contribution in [3.63, 3.8) is 0 Å². The number of rotatable bonds is 7. The molecule has 0 spiro atoms. The second kappa shape index (κ2) is 13.1. The maximum Gasteiger partial charge on any atom is 0.407 e. The molecule has 0 aromatic heterocycles. The van der Waals surface area contributed by atoms with Gasteiger partial charge in [0.2, 0.25) is 0 Å². The fourth-order valence-corrected chi connectivity index (χ4v) is 1.01. The first-order chi connectivity index (χ1) is 9.30. The summed E-state index contributed by atoms with van der Waals surface area (Å²) in [5.41, 5.74) is -0.390. The van der Waals surface area contributed by atoms with E-state index >= 15 is 0 Å².